The van der Waals surface area contributed by atoms with E-state index in [1.54, 1.807) is 11.8 Å². The summed E-state index contributed by atoms with van der Waals surface area (Å²) in [7, 11) is 4.16. The molecule has 0 unspecified atom stereocenters. The SMILES string of the molecule is CC(C)c1cc(N2CCCC2)nc(SCc2cccc(C(=O)NCC[NH+](C)C)c2)n1. The first kappa shape index (κ1) is 22.6. The van der Waals surface area contributed by atoms with E-state index >= 15 is 0 Å². The Morgan fingerprint density at radius 2 is 1.97 bits per heavy atom. The molecule has 1 fully saturated rings. The number of quaternary nitrogens is 1. The molecule has 1 amide bonds. The van der Waals surface area contributed by atoms with E-state index in [4.69, 9.17) is 9.97 Å². The van der Waals surface area contributed by atoms with Crippen LogP contribution in [0.5, 0.6) is 0 Å². The maximum absolute atomic E-state index is 12.4. The van der Waals surface area contributed by atoms with Gasteiger partial charge in [-0.1, -0.05) is 37.7 Å². The molecule has 1 aliphatic rings. The highest BCUT2D eigenvalue weighted by molar-refractivity contribution is 7.98. The molecule has 0 aliphatic carbocycles. The quantitative estimate of drug-likeness (QED) is 0.474. The molecule has 162 valence electrons. The third-order valence-electron chi connectivity index (χ3n) is 5.20. The van der Waals surface area contributed by atoms with Gasteiger partial charge in [-0.05, 0) is 36.5 Å². The third-order valence-corrected chi connectivity index (χ3v) is 6.12. The monoisotopic (exact) mass is 428 g/mol. The summed E-state index contributed by atoms with van der Waals surface area (Å²) < 4.78 is 0. The summed E-state index contributed by atoms with van der Waals surface area (Å²) in [5.41, 5.74) is 2.90. The van der Waals surface area contributed by atoms with E-state index in [1.165, 1.54) is 17.7 Å². The number of nitrogens with zero attached hydrogens (tertiary/aromatic N) is 3. The van der Waals surface area contributed by atoms with Crippen LogP contribution in [0.25, 0.3) is 0 Å². The van der Waals surface area contributed by atoms with E-state index < -0.39 is 0 Å². The van der Waals surface area contributed by atoms with Crippen LogP contribution in [-0.2, 0) is 5.75 Å². The molecule has 3 rings (SSSR count). The van der Waals surface area contributed by atoms with Crippen molar-refractivity contribution in [2.75, 3.05) is 45.2 Å². The number of likely N-dealkylation sites (N-methyl/N-ethyl adjacent to an activating group) is 1. The van der Waals surface area contributed by atoms with Crippen molar-refractivity contribution < 1.29 is 9.69 Å². The van der Waals surface area contributed by atoms with Gasteiger partial charge in [-0.3, -0.25) is 4.79 Å². The lowest BCUT2D eigenvalue weighted by Crippen LogP contribution is -3.06. The number of hydrogen-bond donors (Lipinski definition) is 2. The number of carbonyl (C=O) groups excluding carboxylic acids is 1. The van der Waals surface area contributed by atoms with Gasteiger partial charge >= 0.3 is 0 Å². The molecule has 1 aromatic heterocycles. The fraction of sp³-hybridized carbons (Fsp3) is 0.522. The van der Waals surface area contributed by atoms with E-state index in [1.807, 2.05) is 18.2 Å². The van der Waals surface area contributed by atoms with E-state index in [9.17, 15) is 4.79 Å². The van der Waals surface area contributed by atoms with Gasteiger partial charge in [-0.15, -0.1) is 0 Å². The molecule has 0 bridgehead atoms. The zero-order valence-electron chi connectivity index (χ0n) is 18.6. The Kier molecular flexibility index (Phi) is 8.10. The summed E-state index contributed by atoms with van der Waals surface area (Å²) in [5.74, 6) is 2.14. The van der Waals surface area contributed by atoms with Crippen molar-refractivity contribution in [2.24, 2.45) is 0 Å². The lowest BCUT2D eigenvalue weighted by molar-refractivity contribution is -0.856. The summed E-state index contributed by atoms with van der Waals surface area (Å²) in [4.78, 5) is 25.7. The number of nitrogens with one attached hydrogen (secondary N) is 2. The Labute approximate surface area is 184 Å². The van der Waals surface area contributed by atoms with E-state index in [0.717, 1.165) is 47.6 Å². The highest BCUT2D eigenvalue weighted by Crippen LogP contribution is 2.27. The Morgan fingerprint density at radius 3 is 2.67 bits per heavy atom. The van der Waals surface area contributed by atoms with Gasteiger partial charge in [-0.25, -0.2) is 9.97 Å². The van der Waals surface area contributed by atoms with Gasteiger partial charge < -0.3 is 15.1 Å². The summed E-state index contributed by atoms with van der Waals surface area (Å²) in [6.07, 6.45) is 2.46. The van der Waals surface area contributed by atoms with Gasteiger partial charge in [0.1, 0.15) is 5.82 Å². The highest BCUT2D eigenvalue weighted by Gasteiger charge is 2.17. The lowest BCUT2D eigenvalue weighted by atomic mass is 10.1. The van der Waals surface area contributed by atoms with Gasteiger partial charge in [0, 0.05) is 36.2 Å². The van der Waals surface area contributed by atoms with Crippen molar-refractivity contribution in [3.63, 3.8) is 0 Å². The van der Waals surface area contributed by atoms with Crippen LogP contribution in [0.1, 0.15) is 54.2 Å². The number of carbonyl (C=O) groups is 1. The summed E-state index contributed by atoms with van der Waals surface area (Å²) >= 11 is 1.64. The zero-order chi connectivity index (χ0) is 21.5. The van der Waals surface area contributed by atoms with Crippen LogP contribution >= 0.6 is 11.8 Å². The minimum absolute atomic E-state index is 0.0162. The molecular formula is C23H34N5OS+. The molecule has 1 aromatic carbocycles. The molecule has 1 aliphatic heterocycles. The second kappa shape index (κ2) is 10.8. The van der Waals surface area contributed by atoms with Crippen molar-refractivity contribution >= 4 is 23.5 Å². The van der Waals surface area contributed by atoms with Gasteiger partial charge in [0.25, 0.3) is 5.91 Å². The predicted octanol–water partition coefficient (Wildman–Crippen LogP) is 2.37. The van der Waals surface area contributed by atoms with Crippen molar-refractivity contribution in [1.29, 1.82) is 0 Å². The Bertz CT molecular complexity index is 849. The van der Waals surface area contributed by atoms with Gasteiger partial charge in [0.15, 0.2) is 5.16 Å². The number of anilines is 1. The van der Waals surface area contributed by atoms with Crippen LogP contribution in [0, 0.1) is 0 Å². The number of rotatable bonds is 9. The second-order valence-electron chi connectivity index (χ2n) is 8.48. The van der Waals surface area contributed by atoms with Crippen molar-refractivity contribution in [1.82, 2.24) is 15.3 Å². The topological polar surface area (TPSA) is 62.6 Å². The van der Waals surface area contributed by atoms with Gasteiger partial charge in [0.05, 0.1) is 27.2 Å². The number of hydrogen-bond acceptors (Lipinski definition) is 5. The van der Waals surface area contributed by atoms with Crippen molar-refractivity contribution in [3.05, 3.63) is 47.2 Å². The minimum Gasteiger partial charge on any atom is -0.356 e. The average Bonchev–Trinajstić information content (AvgIpc) is 3.27. The van der Waals surface area contributed by atoms with Gasteiger partial charge in [-0.2, -0.15) is 0 Å². The van der Waals surface area contributed by atoms with E-state index in [0.29, 0.717) is 18.0 Å². The fourth-order valence-electron chi connectivity index (χ4n) is 3.38. The third kappa shape index (κ3) is 6.44. The summed E-state index contributed by atoms with van der Waals surface area (Å²) in [6.45, 7) is 8.07. The first-order valence-electron chi connectivity index (χ1n) is 10.9. The molecule has 1 saturated heterocycles. The molecule has 6 nitrogen and oxygen atoms in total. The first-order chi connectivity index (χ1) is 14.4. The Hall–Kier alpha value is -2.12. The summed E-state index contributed by atoms with van der Waals surface area (Å²) in [6, 6.07) is 9.98. The number of aromatic nitrogens is 2. The molecule has 0 atom stereocenters. The summed E-state index contributed by atoms with van der Waals surface area (Å²) in [5, 5.41) is 3.81. The maximum atomic E-state index is 12.4. The highest BCUT2D eigenvalue weighted by atomic mass is 32.2. The van der Waals surface area contributed by atoms with Crippen molar-refractivity contribution in [3.8, 4) is 0 Å². The molecule has 0 radical (unpaired) electrons. The number of thioether (sulfide) groups is 1. The first-order valence-corrected chi connectivity index (χ1v) is 11.8. The van der Waals surface area contributed by atoms with E-state index in [-0.39, 0.29) is 5.91 Å². The molecular weight excluding hydrogens is 394 g/mol. The van der Waals surface area contributed by atoms with E-state index in [2.05, 4.69) is 50.3 Å². The van der Waals surface area contributed by atoms with Crippen LogP contribution in [0.4, 0.5) is 5.82 Å². The molecule has 0 spiro atoms. The smallest absolute Gasteiger partial charge is 0.251 e. The molecule has 0 saturated carbocycles. The molecule has 30 heavy (non-hydrogen) atoms. The Morgan fingerprint density at radius 1 is 1.20 bits per heavy atom. The average molecular weight is 429 g/mol. The standard InChI is InChI=1S/C23H33N5OS/c1-17(2)20-15-21(28-11-5-6-12-28)26-23(25-20)30-16-18-8-7-9-19(14-18)22(29)24-10-13-27(3)4/h7-9,14-15,17H,5-6,10-13,16H2,1-4H3,(H,24,29)/p+1. The van der Waals surface area contributed by atoms with Gasteiger partial charge in [0.2, 0.25) is 0 Å². The number of amides is 1. The minimum atomic E-state index is -0.0162. The maximum Gasteiger partial charge on any atom is 0.251 e. The zero-order valence-corrected chi connectivity index (χ0v) is 19.4. The Balaban J connectivity index is 1.67. The second-order valence-corrected chi connectivity index (χ2v) is 9.43. The van der Waals surface area contributed by atoms with Crippen LogP contribution in [-0.4, -0.2) is 56.1 Å². The van der Waals surface area contributed by atoms with Crippen LogP contribution in [0.2, 0.25) is 0 Å². The fourth-order valence-corrected chi connectivity index (χ4v) is 4.18. The number of benzene rings is 1. The van der Waals surface area contributed by atoms with Crippen molar-refractivity contribution in [2.45, 2.75) is 43.5 Å². The normalized spacial score (nSPS) is 14.0. The molecule has 7 heteroatoms. The molecule has 2 heterocycles. The largest absolute Gasteiger partial charge is 0.356 e. The van der Waals surface area contributed by atoms with Crippen LogP contribution in [0.3, 0.4) is 0 Å². The predicted molar refractivity (Wildman–Crippen MR) is 124 cm³/mol. The van der Waals surface area contributed by atoms with Crippen LogP contribution < -0.4 is 15.1 Å². The van der Waals surface area contributed by atoms with Crippen LogP contribution in [0.15, 0.2) is 35.5 Å². The lowest BCUT2D eigenvalue weighted by Gasteiger charge is -2.18. The molecule has 2 N–H and O–H groups in total. The molecule has 2 aromatic rings.